The molecule has 2 unspecified atom stereocenters. The minimum Gasteiger partial charge on any atom is -0.359 e. The maximum absolute atomic E-state index is 13.6. The topological polar surface area (TPSA) is 124 Å². The van der Waals surface area contributed by atoms with Crippen molar-refractivity contribution in [2.75, 3.05) is 53.4 Å². The first-order valence-electron chi connectivity index (χ1n) is 20.3. The summed E-state index contributed by atoms with van der Waals surface area (Å²) in [6, 6.07) is -1.48. The molecule has 4 fully saturated rings. The Balaban J connectivity index is 1.26. The number of rotatable bonds is 24. The lowest BCUT2D eigenvalue weighted by Gasteiger charge is -2.33. The Hall–Kier alpha value is -2.42. The minimum atomic E-state index is -0.738. The molecule has 0 spiro atoms. The van der Waals surface area contributed by atoms with Crippen molar-refractivity contribution in [1.29, 1.82) is 0 Å². The molecule has 0 N–H and O–H groups in total. The summed E-state index contributed by atoms with van der Waals surface area (Å²) in [7, 11) is 0. The van der Waals surface area contributed by atoms with Gasteiger partial charge in [-0.2, -0.15) is 10.0 Å². The molecule has 2 atom stereocenters. The van der Waals surface area contributed by atoms with Crippen molar-refractivity contribution < 1.29 is 38.3 Å². The Morgan fingerprint density at radius 1 is 0.510 bits per heavy atom. The van der Waals surface area contributed by atoms with Gasteiger partial charge in [0, 0.05) is 38.3 Å². The smallest absolute Gasteiger partial charge is 0.324 e. The first kappa shape index (κ1) is 41.3. The summed E-state index contributed by atoms with van der Waals surface area (Å²) in [6.07, 6.45) is 16.1. The monoisotopic (exact) mass is 725 g/mol. The Kier molecular flexibility index (Phi) is 17.8. The average Bonchev–Trinajstić information content (AvgIpc) is 3.51. The molecule has 14 nitrogen and oxygen atoms in total. The highest BCUT2D eigenvalue weighted by Gasteiger charge is 2.59. The number of carbonyl (C=O) groups is 2. The van der Waals surface area contributed by atoms with Crippen LogP contribution in [0.3, 0.4) is 0 Å². The second kappa shape index (κ2) is 21.9. The van der Waals surface area contributed by atoms with Gasteiger partial charge in [0.2, 0.25) is 0 Å². The van der Waals surface area contributed by atoms with Gasteiger partial charge < -0.3 is 18.9 Å². The lowest BCUT2D eigenvalue weighted by atomic mass is 9.71. The lowest BCUT2D eigenvalue weighted by Crippen LogP contribution is -2.44. The Labute approximate surface area is 305 Å². The van der Waals surface area contributed by atoms with Crippen molar-refractivity contribution in [1.82, 2.24) is 20.3 Å². The molecule has 0 radical (unpaired) electrons. The fourth-order valence-electron chi connectivity index (χ4n) is 8.03. The molecule has 2 aliphatic carbocycles. The van der Waals surface area contributed by atoms with Gasteiger partial charge in [0.15, 0.2) is 23.2 Å². The summed E-state index contributed by atoms with van der Waals surface area (Å²) in [4.78, 5) is 56.0. The van der Waals surface area contributed by atoms with Crippen molar-refractivity contribution >= 4 is 11.8 Å². The van der Waals surface area contributed by atoms with Gasteiger partial charge in [-0.05, 0) is 106 Å². The van der Waals surface area contributed by atoms with Crippen LogP contribution in [0, 0.1) is 33.5 Å². The average molecular weight is 725 g/mol. The zero-order valence-corrected chi connectivity index (χ0v) is 32.1. The molecule has 2 saturated heterocycles. The summed E-state index contributed by atoms with van der Waals surface area (Å²) < 4.78 is 23.1. The predicted molar refractivity (Wildman–Crippen MR) is 191 cm³/mol. The molecule has 0 aromatic rings. The highest BCUT2D eigenvalue weighted by Crippen LogP contribution is 2.42. The van der Waals surface area contributed by atoms with Crippen LogP contribution in [0.15, 0.2) is 0 Å². The molecule has 4 aliphatic rings. The maximum atomic E-state index is 13.6. The van der Waals surface area contributed by atoms with E-state index < -0.39 is 12.1 Å². The number of carbonyl (C=O) groups excluding carboxylic acids is 2. The van der Waals surface area contributed by atoms with Gasteiger partial charge in [-0.1, -0.05) is 53.4 Å². The largest absolute Gasteiger partial charge is 0.359 e. The number of nitrogens with zero attached hydrogens (tertiary/aromatic N) is 6. The molecule has 2 heterocycles. The van der Waals surface area contributed by atoms with Crippen LogP contribution in [0.1, 0.15) is 137 Å². The van der Waals surface area contributed by atoms with Crippen LogP contribution in [0.5, 0.6) is 0 Å². The standard InChI is InChI=1S/C37H68N6O8/c1-5-9-21-48-26-38-36(44)34(42(46)40(38)28-50-23-11-7-3)32-17-13-30(14-18-32)25-31-15-19-33(20-16-31)35-37(45)39(27-49-22-10-6-2)41(43(35)47)29-51-24-12-8-4/h30-35H,5-29H2,1-4H3/q+2. The molecule has 2 amide bonds. The Morgan fingerprint density at radius 3 is 1.14 bits per heavy atom. The maximum Gasteiger partial charge on any atom is 0.324 e. The van der Waals surface area contributed by atoms with Gasteiger partial charge in [-0.25, -0.2) is 0 Å². The number of ether oxygens (including phenoxy) is 4. The second-order valence-electron chi connectivity index (χ2n) is 15.1. The zero-order chi connectivity index (χ0) is 36.6. The predicted octanol–water partition coefficient (Wildman–Crippen LogP) is 6.33. The van der Waals surface area contributed by atoms with Crippen LogP contribution in [0.25, 0.3) is 0 Å². The molecule has 0 aromatic carbocycles. The van der Waals surface area contributed by atoms with Crippen molar-refractivity contribution in [2.45, 2.75) is 149 Å². The van der Waals surface area contributed by atoms with E-state index in [2.05, 4.69) is 27.7 Å². The van der Waals surface area contributed by atoms with E-state index >= 15 is 0 Å². The van der Waals surface area contributed by atoms with Crippen molar-refractivity contribution in [3.63, 3.8) is 0 Å². The highest BCUT2D eigenvalue weighted by atomic mass is 16.5. The van der Waals surface area contributed by atoms with Crippen LogP contribution < -0.4 is 0 Å². The molecule has 2 saturated carbocycles. The van der Waals surface area contributed by atoms with Crippen LogP contribution >= 0.6 is 0 Å². The van der Waals surface area contributed by atoms with Gasteiger partial charge in [0.05, 0.1) is 9.81 Å². The minimum absolute atomic E-state index is 0.0000167. The summed E-state index contributed by atoms with van der Waals surface area (Å²) in [5, 5.41) is 5.68. The zero-order valence-electron chi connectivity index (χ0n) is 32.1. The summed E-state index contributed by atoms with van der Waals surface area (Å²) in [5.41, 5.74) is 0. The van der Waals surface area contributed by atoms with Gasteiger partial charge in [0.1, 0.15) is 13.5 Å². The number of unbranched alkanes of at least 4 members (excludes halogenated alkanes) is 4. The molecule has 51 heavy (non-hydrogen) atoms. The van der Waals surface area contributed by atoms with Crippen molar-refractivity contribution in [3.05, 3.63) is 9.81 Å². The van der Waals surface area contributed by atoms with Crippen molar-refractivity contribution in [2.24, 2.45) is 23.7 Å². The third-order valence-electron chi connectivity index (χ3n) is 11.3. The first-order valence-corrected chi connectivity index (χ1v) is 20.3. The molecule has 0 bridgehead atoms. The van der Waals surface area contributed by atoms with Gasteiger partial charge in [-0.3, -0.25) is 9.59 Å². The fraction of sp³-hybridized carbons (Fsp3) is 0.946. The number of hydrazine groups is 4. The van der Waals surface area contributed by atoms with Gasteiger partial charge in [0.25, 0.3) is 0 Å². The van der Waals surface area contributed by atoms with E-state index in [1.165, 1.54) is 20.3 Å². The molecule has 292 valence electrons. The van der Waals surface area contributed by atoms with Gasteiger partial charge in [-0.15, -0.1) is 0 Å². The normalized spacial score (nSPS) is 27.5. The van der Waals surface area contributed by atoms with E-state index in [1.807, 2.05) is 0 Å². The number of amides is 2. The summed E-state index contributed by atoms with van der Waals surface area (Å²) in [5.74, 6) is 0.732. The number of nitroso groups, excluding NO2 is 2. The van der Waals surface area contributed by atoms with E-state index in [4.69, 9.17) is 18.9 Å². The third-order valence-corrected chi connectivity index (χ3v) is 11.3. The van der Waals surface area contributed by atoms with Crippen LogP contribution in [0.2, 0.25) is 0 Å². The van der Waals surface area contributed by atoms with Crippen LogP contribution in [-0.2, 0) is 28.5 Å². The van der Waals surface area contributed by atoms with E-state index in [1.54, 1.807) is 0 Å². The molecular formula is C37H68N6O8+2. The van der Waals surface area contributed by atoms with Gasteiger partial charge >= 0.3 is 23.9 Å². The molecule has 4 rings (SSSR count). The first-order chi connectivity index (χ1) is 24.9. The van der Waals surface area contributed by atoms with E-state index in [0.29, 0.717) is 38.3 Å². The lowest BCUT2D eigenvalue weighted by molar-refractivity contribution is -0.747. The molecule has 14 heteroatoms. The Morgan fingerprint density at radius 2 is 0.824 bits per heavy atom. The highest BCUT2D eigenvalue weighted by molar-refractivity contribution is 5.81. The summed E-state index contributed by atoms with van der Waals surface area (Å²) in [6.45, 7) is 10.8. The van der Waals surface area contributed by atoms with Crippen molar-refractivity contribution in [3.8, 4) is 0 Å². The second-order valence-corrected chi connectivity index (χ2v) is 15.1. The van der Waals surface area contributed by atoms with E-state index in [0.717, 1.165) is 119 Å². The van der Waals surface area contributed by atoms with Crippen LogP contribution in [0.4, 0.5) is 0 Å². The van der Waals surface area contributed by atoms with Crippen LogP contribution in [-0.4, -0.2) is 107 Å². The summed E-state index contributed by atoms with van der Waals surface area (Å²) >= 11 is 0. The van der Waals surface area contributed by atoms with E-state index in [-0.39, 0.29) is 50.6 Å². The molecule has 0 aromatic heterocycles. The number of hydrogen-bond acceptors (Lipinski definition) is 8. The van der Waals surface area contributed by atoms with E-state index in [9.17, 15) is 19.4 Å². The fourth-order valence-corrected chi connectivity index (χ4v) is 8.03. The number of hydrogen-bond donors (Lipinski definition) is 0. The Bertz CT molecular complexity index is 941. The SMILES string of the molecule is CCCCOCN1C(=O)C(C2CCC(CC3CCC(C4C(=O)N(COCCCC)N(COCCCC)[N+]4=O)CC3)CC2)[N+](=O)N1COCCCC. The third kappa shape index (κ3) is 11.3. The molecular weight excluding hydrogens is 656 g/mol. The molecule has 2 aliphatic heterocycles. The quantitative estimate of drug-likeness (QED) is 0.0824.